The molecule has 24 heavy (non-hydrogen) atoms. The summed E-state index contributed by atoms with van der Waals surface area (Å²) in [5, 5.41) is 12.4. The van der Waals surface area contributed by atoms with Gasteiger partial charge in [0, 0.05) is 5.56 Å². The second-order valence-electron chi connectivity index (χ2n) is 4.96. The highest BCUT2D eigenvalue weighted by atomic mass is 35.5. The number of nitrogens with one attached hydrogen (secondary N) is 1. The van der Waals surface area contributed by atoms with Gasteiger partial charge in [-0.1, -0.05) is 65.4 Å². The fraction of sp³-hybridized carbons (Fsp3) is 0.118. The fourth-order valence-corrected chi connectivity index (χ4v) is 2.89. The zero-order valence-corrected chi connectivity index (χ0v) is 14.3. The minimum atomic E-state index is -0.714. The monoisotopic (exact) mass is 359 g/mol. The summed E-state index contributed by atoms with van der Waals surface area (Å²) in [6.07, 6.45) is -0.714. The van der Waals surface area contributed by atoms with Gasteiger partial charge in [0.05, 0.1) is 5.02 Å². The largest absolute Gasteiger partial charge is 0.479 e. The molecule has 0 aliphatic heterocycles. The summed E-state index contributed by atoms with van der Waals surface area (Å²) in [5.74, 6) is 0.148. The smallest absolute Gasteiger partial charge is 0.266 e. The molecule has 7 heteroatoms. The number of ether oxygens (including phenoxy) is 1. The SMILES string of the molecule is C[C@@H](Oc1ccccc1Cl)C(=O)Nc1nnc(-c2ccccc2)s1. The second-order valence-corrected chi connectivity index (χ2v) is 6.34. The lowest BCUT2D eigenvalue weighted by molar-refractivity contribution is -0.122. The Kier molecular flexibility index (Phi) is 5.08. The molecule has 0 spiro atoms. The van der Waals surface area contributed by atoms with Crippen LogP contribution in [0.25, 0.3) is 10.6 Å². The molecule has 0 saturated carbocycles. The first-order valence-corrected chi connectivity index (χ1v) is 8.44. The molecular formula is C17H14ClN3O2S. The van der Waals surface area contributed by atoms with Crippen LogP contribution in [0.5, 0.6) is 5.75 Å². The molecule has 5 nitrogen and oxygen atoms in total. The van der Waals surface area contributed by atoms with Crippen LogP contribution in [0.4, 0.5) is 5.13 Å². The average molecular weight is 360 g/mol. The molecule has 0 saturated heterocycles. The van der Waals surface area contributed by atoms with E-state index in [0.29, 0.717) is 15.9 Å². The number of hydrogen-bond donors (Lipinski definition) is 1. The van der Waals surface area contributed by atoms with Crippen molar-refractivity contribution < 1.29 is 9.53 Å². The number of carbonyl (C=O) groups is 1. The van der Waals surface area contributed by atoms with Crippen molar-refractivity contribution in [1.29, 1.82) is 0 Å². The van der Waals surface area contributed by atoms with Gasteiger partial charge in [0.2, 0.25) is 5.13 Å². The Hall–Kier alpha value is -2.44. The van der Waals surface area contributed by atoms with Gasteiger partial charge in [-0.2, -0.15) is 0 Å². The quantitative estimate of drug-likeness (QED) is 0.739. The predicted octanol–water partition coefficient (Wildman–Crippen LogP) is 4.26. The first kappa shape index (κ1) is 16.4. The van der Waals surface area contributed by atoms with E-state index in [-0.39, 0.29) is 5.91 Å². The van der Waals surface area contributed by atoms with Crippen molar-refractivity contribution in [2.75, 3.05) is 5.32 Å². The summed E-state index contributed by atoms with van der Waals surface area (Å²) < 4.78 is 5.58. The molecule has 3 aromatic rings. The standard InChI is InChI=1S/C17H14ClN3O2S/c1-11(23-14-10-6-5-9-13(14)18)15(22)19-17-21-20-16(24-17)12-7-3-2-4-8-12/h2-11H,1H3,(H,19,21,22)/t11-/m1/s1. The highest BCUT2D eigenvalue weighted by molar-refractivity contribution is 7.18. The first-order valence-electron chi connectivity index (χ1n) is 7.24. The van der Waals surface area contributed by atoms with Gasteiger partial charge in [0.1, 0.15) is 10.8 Å². The molecule has 0 bridgehead atoms. The van der Waals surface area contributed by atoms with E-state index in [1.807, 2.05) is 30.3 Å². The van der Waals surface area contributed by atoms with Crippen LogP contribution >= 0.6 is 22.9 Å². The van der Waals surface area contributed by atoms with E-state index in [2.05, 4.69) is 15.5 Å². The highest BCUT2D eigenvalue weighted by Crippen LogP contribution is 2.27. The van der Waals surface area contributed by atoms with Crippen LogP contribution in [0.3, 0.4) is 0 Å². The fourth-order valence-electron chi connectivity index (χ4n) is 1.96. The zero-order chi connectivity index (χ0) is 16.9. The van der Waals surface area contributed by atoms with E-state index < -0.39 is 6.10 Å². The van der Waals surface area contributed by atoms with Crippen molar-refractivity contribution in [1.82, 2.24) is 10.2 Å². The average Bonchev–Trinajstić information content (AvgIpc) is 3.06. The Labute approximate surface area is 148 Å². The van der Waals surface area contributed by atoms with Gasteiger partial charge in [-0.3, -0.25) is 10.1 Å². The second kappa shape index (κ2) is 7.42. The van der Waals surface area contributed by atoms with Gasteiger partial charge in [0.25, 0.3) is 5.91 Å². The predicted molar refractivity (Wildman–Crippen MR) is 95.5 cm³/mol. The van der Waals surface area contributed by atoms with Crippen LogP contribution in [0.1, 0.15) is 6.92 Å². The molecule has 3 rings (SSSR count). The van der Waals surface area contributed by atoms with Crippen LogP contribution in [0.2, 0.25) is 5.02 Å². The van der Waals surface area contributed by atoms with Crippen LogP contribution in [-0.2, 0) is 4.79 Å². The third kappa shape index (κ3) is 3.90. The highest BCUT2D eigenvalue weighted by Gasteiger charge is 2.18. The lowest BCUT2D eigenvalue weighted by Crippen LogP contribution is -2.30. The Morgan fingerprint density at radius 3 is 2.58 bits per heavy atom. The summed E-state index contributed by atoms with van der Waals surface area (Å²) in [4.78, 5) is 12.2. The van der Waals surface area contributed by atoms with Crippen LogP contribution < -0.4 is 10.1 Å². The maximum Gasteiger partial charge on any atom is 0.266 e. The molecule has 122 valence electrons. The summed E-state index contributed by atoms with van der Waals surface area (Å²) >= 11 is 7.33. The van der Waals surface area contributed by atoms with E-state index in [1.54, 1.807) is 31.2 Å². The molecule has 0 unspecified atom stereocenters. The topological polar surface area (TPSA) is 64.1 Å². The third-order valence-corrected chi connectivity index (χ3v) is 4.39. The third-order valence-electron chi connectivity index (χ3n) is 3.19. The molecule has 1 N–H and O–H groups in total. The normalized spacial score (nSPS) is 11.8. The lowest BCUT2D eigenvalue weighted by atomic mass is 10.2. The van der Waals surface area contributed by atoms with Gasteiger partial charge in [-0.15, -0.1) is 10.2 Å². The van der Waals surface area contributed by atoms with Gasteiger partial charge < -0.3 is 4.74 Å². The van der Waals surface area contributed by atoms with Crippen LogP contribution in [-0.4, -0.2) is 22.2 Å². The molecule has 0 fully saturated rings. The molecule has 0 aliphatic rings. The molecule has 1 heterocycles. The first-order chi connectivity index (χ1) is 11.6. The summed E-state index contributed by atoms with van der Waals surface area (Å²) in [6, 6.07) is 16.7. The van der Waals surface area contributed by atoms with E-state index >= 15 is 0 Å². The molecule has 1 aromatic heterocycles. The van der Waals surface area contributed by atoms with Crippen molar-refractivity contribution in [3.05, 3.63) is 59.6 Å². The van der Waals surface area contributed by atoms with E-state index in [0.717, 1.165) is 10.6 Å². The summed E-state index contributed by atoms with van der Waals surface area (Å²) in [6.45, 7) is 1.65. The lowest BCUT2D eigenvalue weighted by Gasteiger charge is -2.14. The number of carbonyl (C=O) groups excluding carboxylic acids is 1. The van der Waals surface area contributed by atoms with Gasteiger partial charge >= 0.3 is 0 Å². The van der Waals surface area contributed by atoms with E-state index in [9.17, 15) is 4.79 Å². The van der Waals surface area contributed by atoms with Crippen LogP contribution in [0.15, 0.2) is 54.6 Å². The number of halogens is 1. The van der Waals surface area contributed by atoms with Crippen molar-refractivity contribution in [3.8, 4) is 16.3 Å². The molecule has 0 radical (unpaired) electrons. The van der Waals surface area contributed by atoms with E-state index in [1.165, 1.54) is 11.3 Å². The van der Waals surface area contributed by atoms with Crippen molar-refractivity contribution in [2.45, 2.75) is 13.0 Å². The maximum absolute atomic E-state index is 12.2. The zero-order valence-electron chi connectivity index (χ0n) is 12.8. The number of benzene rings is 2. The number of aromatic nitrogens is 2. The minimum absolute atomic E-state index is 0.314. The van der Waals surface area contributed by atoms with Crippen molar-refractivity contribution in [2.24, 2.45) is 0 Å². The molecule has 1 amide bonds. The van der Waals surface area contributed by atoms with Gasteiger partial charge in [-0.05, 0) is 19.1 Å². The molecular weight excluding hydrogens is 346 g/mol. The number of nitrogens with zero attached hydrogens (tertiary/aromatic N) is 2. The molecule has 0 aliphatic carbocycles. The molecule has 2 aromatic carbocycles. The van der Waals surface area contributed by atoms with E-state index in [4.69, 9.17) is 16.3 Å². The van der Waals surface area contributed by atoms with Gasteiger partial charge in [0.15, 0.2) is 6.10 Å². The molecule has 1 atom stereocenters. The van der Waals surface area contributed by atoms with Gasteiger partial charge in [-0.25, -0.2) is 0 Å². The summed E-state index contributed by atoms with van der Waals surface area (Å²) in [5.41, 5.74) is 0.955. The minimum Gasteiger partial charge on any atom is -0.479 e. The Bertz CT molecular complexity index is 839. The Balaban J connectivity index is 1.65. The number of amides is 1. The number of hydrogen-bond acceptors (Lipinski definition) is 5. The Morgan fingerprint density at radius 1 is 1.12 bits per heavy atom. The van der Waals surface area contributed by atoms with Crippen molar-refractivity contribution >= 4 is 34.0 Å². The van der Waals surface area contributed by atoms with Crippen LogP contribution in [0, 0.1) is 0 Å². The number of para-hydroxylation sites is 1. The number of anilines is 1. The summed E-state index contributed by atoms with van der Waals surface area (Å²) in [7, 11) is 0. The van der Waals surface area contributed by atoms with Crippen molar-refractivity contribution in [3.63, 3.8) is 0 Å². The maximum atomic E-state index is 12.2. The number of rotatable bonds is 5. The Morgan fingerprint density at radius 2 is 1.83 bits per heavy atom.